The molecule has 1 aliphatic carbocycles. The first-order chi connectivity index (χ1) is 17.4. The Balaban J connectivity index is 1.49. The van der Waals surface area contributed by atoms with E-state index in [0.717, 1.165) is 43.1 Å². The SMILES string of the molecule is CCCCCCc1cccc(Nc2nc(Nc3ccc(C4CCCCC4)cc3)ncc2C(F)(F)F)c1. The quantitative estimate of drug-likeness (QED) is 0.275. The summed E-state index contributed by atoms with van der Waals surface area (Å²) in [4.78, 5) is 8.15. The van der Waals surface area contributed by atoms with Crippen LogP contribution in [0.15, 0.2) is 54.7 Å². The van der Waals surface area contributed by atoms with E-state index in [9.17, 15) is 13.2 Å². The lowest BCUT2D eigenvalue weighted by molar-refractivity contribution is -0.137. The number of hydrogen-bond donors (Lipinski definition) is 2. The molecule has 2 aromatic carbocycles. The smallest absolute Gasteiger partial charge is 0.340 e. The average Bonchev–Trinajstić information content (AvgIpc) is 2.87. The molecule has 1 fully saturated rings. The molecule has 4 nitrogen and oxygen atoms in total. The van der Waals surface area contributed by atoms with Crippen molar-refractivity contribution >= 4 is 23.1 Å². The van der Waals surface area contributed by atoms with Crippen LogP contribution in [0.5, 0.6) is 0 Å². The van der Waals surface area contributed by atoms with Crippen molar-refractivity contribution < 1.29 is 13.2 Å². The van der Waals surface area contributed by atoms with E-state index in [-0.39, 0.29) is 11.8 Å². The molecule has 0 atom stereocenters. The Kier molecular flexibility index (Phi) is 8.83. The Hall–Kier alpha value is -3.09. The fourth-order valence-electron chi connectivity index (χ4n) is 4.85. The normalized spacial score (nSPS) is 14.6. The topological polar surface area (TPSA) is 49.8 Å². The average molecular weight is 497 g/mol. The lowest BCUT2D eigenvalue weighted by atomic mass is 9.84. The number of nitrogens with one attached hydrogen (secondary N) is 2. The van der Waals surface area contributed by atoms with E-state index in [1.807, 2.05) is 30.3 Å². The monoisotopic (exact) mass is 496 g/mol. The number of aromatic nitrogens is 2. The molecule has 3 aromatic rings. The third kappa shape index (κ3) is 7.21. The van der Waals surface area contributed by atoms with Gasteiger partial charge in [0.2, 0.25) is 5.95 Å². The van der Waals surface area contributed by atoms with Crippen LogP contribution in [-0.2, 0) is 12.6 Å². The van der Waals surface area contributed by atoms with Gasteiger partial charge in [-0.05, 0) is 67.0 Å². The largest absolute Gasteiger partial charge is 0.421 e. The number of anilines is 4. The number of aryl methyl sites for hydroxylation is 1. The maximum absolute atomic E-state index is 13.7. The van der Waals surface area contributed by atoms with Crippen molar-refractivity contribution in [3.8, 4) is 0 Å². The van der Waals surface area contributed by atoms with Crippen LogP contribution in [0.1, 0.15) is 87.3 Å². The third-order valence-electron chi connectivity index (χ3n) is 6.85. The molecule has 1 aliphatic rings. The van der Waals surface area contributed by atoms with E-state index in [2.05, 4.69) is 39.7 Å². The van der Waals surface area contributed by atoms with E-state index in [1.54, 1.807) is 6.07 Å². The van der Waals surface area contributed by atoms with Gasteiger partial charge in [-0.15, -0.1) is 0 Å². The Bertz CT molecular complexity index is 1110. The summed E-state index contributed by atoms with van der Waals surface area (Å²) >= 11 is 0. The summed E-state index contributed by atoms with van der Waals surface area (Å²) in [6.45, 7) is 2.17. The zero-order chi connectivity index (χ0) is 25.4. The predicted molar refractivity (Wildman–Crippen MR) is 140 cm³/mol. The van der Waals surface area contributed by atoms with Crippen LogP contribution in [-0.4, -0.2) is 9.97 Å². The molecule has 0 aliphatic heterocycles. The van der Waals surface area contributed by atoms with Crippen LogP contribution in [0, 0.1) is 0 Å². The van der Waals surface area contributed by atoms with E-state index >= 15 is 0 Å². The number of hydrogen-bond acceptors (Lipinski definition) is 4. The van der Waals surface area contributed by atoms with E-state index < -0.39 is 11.7 Å². The van der Waals surface area contributed by atoms with Crippen molar-refractivity contribution in [2.45, 2.75) is 83.2 Å². The Morgan fingerprint density at radius 2 is 1.67 bits per heavy atom. The van der Waals surface area contributed by atoms with E-state index in [4.69, 9.17) is 0 Å². The molecule has 0 amide bonds. The predicted octanol–water partition coefficient (Wildman–Crippen LogP) is 9.15. The van der Waals surface area contributed by atoms with Gasteiger partial charge in [0.15, 0.2) is 0 Å². The fraction of sp³-hybridized carbons (Fsp3) is 0.448. The highest BCUT2D eigenvalue weighted by atomic mass is 19.4. The first-order valence-corrected chi connectivity index (χ1v) is 13.1. The molecule has 1 aromatic heterocycles. The Labute approximate surface area is 211 Å². The molecule has 4 rings (SSSR count). The molecule has 0 unspecified atom stereocenters. The maximum Gasteiger partial charge on any atom is 0.421 e. The van der Waals surface area contributed by atoms with Gasteiger partial charge >= 0.3 is 6.18 Å². The second-order valence-corrected chi connectivity index (χ2v) is 9.67. The third-order valence-corrected chi connectivity index (χ3v) is 6.85. The molecule has 1 heterocycles. The lowest BCUT2D eigenvalue weighted by Crippen LogP contribution is -2.12. The van der Waals surface area contributed by atoms with Gasteiger partial charge in [-0.25, -0.2) is 4.98 Å². The summed E-state index contributed by atoms with van der Waals surface area (Å²) < 4.78 is 41.1. The van der Waals surface area contributed by atoms with Gasteiger partial charge in [0.1, 0.15) is 11.4 Å². The van der Waals surface area contributed by atoms with E-state index in [0.29, 0.717) is 11.6 Å². The van der Waals surface area contributed by atoms with Gasteiger partial charge in [-0.1, -0.05) is 69.7 Å². The van der Waals surface area contributed by atoms with Gasteiger partial charge in [-0.2, -0.15) is 18.2 Å². The van der Waals surface area contributed by atoms with Crippen molar-refractivity contribution in [3.63, 3.8) is 0 Å². The molecule has 192 valence electrons. The van der Waals surface area contributed by atoms with Gasteiger partial charge in [0.05, 0.1) is 0 Å². The molecule has 7 heteroatoms. The maximum atomic E-state index is 13.7. The molecule has 0 bridgehead atoms. The number of benzene rings is 2. The summed E-state index contributed by atoms with van der Waals surface area (Å²) in [5.41, 5.74) is 2.83. The zero-order valence-electron chi connectivity index (χ0n) is 20.9. The molecule has 36 heavy (non-hydrogen) atoms. The molecule has 2 N–H and O–H groups in total. The molecule has 0 spiro atoms. The van der Waals surface area contributed by atoms with Gasteiger partial charge < -0.3 is 10.6 Å². The first-order valence-electron chi connectivity index (χ1n) is 13.1. The minimum atomic E-state index is -4.57. The lowest BCUT2D eigenvalue weighted by Gasteiger charge is -2.22. The molecular formula is C29H35F3N4. The second-order valence-electron chi connectivity index (χ2n) is 9.67. The number of nitrogens with zero attached hydrogens (tertiary/aromatic N) is 2. The Morgan fingerprint density at radius 1 is 0.889 bits per heavy atom. The molecule has 1 saturated carbocycles. The van der Waals surface area contributed by atoms with Crippen LogP contribution >= 0.6 is 0 Å². The highest BCUT2D eigenvalue weighted by Gasteiger charge is 2.35. The summed E-state index contributed by atoms with van der Waals surface area (Å²) in [5, 5.41) is 5.95. The minimum Gasteiger partial charge on any atom is -0.340 e. The highest BCUT2D eigenvalue weighted by molar-refractivity contribution is 5.63. The van der Waals surface area contributed by atoms with Crippen LogP contribution in [0.25, 0.3) is 0 Å². The number of unbranched alkanes of at least 4 members (excludes halogenated alkanes) is 3. The van der Waals surface area contributed by atoms with Gasteiger partial charge in [0, 0.05) is 17.6 Å². The zero-order valence-corrected chi connectivity index (χ0v) is 20.9. The van der Waals surface area contributed by atoms with Gasteiger partial charge in [-0.3, -0.25) is 0 Å². The molecule has 0 saturated heterocycles. The van der Waals surface area contributed by atoms with Crippen molar-refractivity contribution in [2.75, 3.05) is 10.6 Å². The van der Waals surface area contributed by atoms with Crippen molar-refractivity contribution in [3.05, 3.63) is 71.4 Å². The molecular weight excluding hydrogens is 461 g/mol. The molecule has 0 radical (unpaired) electrons. The fourth-order valence-corrected chi connectivity index (χ4v) is 4.85. The second kappa shape index (κ2) is 12.2. The Morgan fingerprint density at radius 3 is 2.39 bits per heavy atom. The van der Waals surface area contributed by atoms with Crippen LogP contribution in [0.3, 0.4) is 0 Å². The number of alkyl halides is 3. The van der Waals surface area contributed by atoms with Crippen LogP contribution < -0.4 is 10.6 Å². The highest BCUT2D eigenvalue weighted by Crippen LogP contribution is 2.36. The minimum absolute atomic E-state index is 0.117. The summed E-state index contributed by atoms with van der Waals surface area (Å²) in [5.74, 6) is 0.446. The van der Waals surface area contributed by atoms with Gasteiger partial charge in [0.25, 0.3) is 0 Å². The van der Waals surface area contributed by atoms with Crippen molar-refractivity contribution in [1.82, 2.24) is 9.97 Å². The van der Waals surface area contributed by atoms with Crippen LogP contribution in [0.4, 0.5) is 36.3 Å². The van der Waals surface area contributed by atoms with Crippen molar-refractivity contribution in [2.24, 2.45) is 0 Å². The standard InChI is InChI=1S/C29H35F3N4/c1-2-3-4-6-10-21-11-9-14-25(19-21)34-27-26(29(30,31)32)20-33-28(36-27)35-24-17-15-23(16-18-24)22-12-7-5-8-13-22/h9,11,14-20,22H,2-8,10,12-13H2,1H3,(H2,33,34,35,36). The summed E-state index contributed by atoms with van der Waals surface area (Å²) in [7, 11) is 0. The van der Waals surface area contributed by atoms with Crippen LogP contribution in [0.2, 0.25) is 0 Å². The van der Waals surface area contributed by atoms with E-state index in [1.165, 1.54) is 44.1 Å². The van der Waals surface area contributed by atoms with Crippen molar-refractivity contribution in [1.29, 1.82) is 0 Å². The summed E-state index contributed by atoms with van der Waals surface area (Å²) in [6.07, 6.45) is 7.99. The first kappa shape index (κ1) is 26.0. The number of rotatable bonds is 10. The summed E-state index contributed by atoms with van der Waals surface area (Å²) in [6, 6.07) is 15.6. The number of halogens is 3.